The zero-order valence-corrected chi connectivity index (χ0v) is 34.5. The number of aliphatic hydroxyl groups is 1. The summed E-state index contributed by atoms with van der Waals surface area (Å²) < 4.78 is 41.0. The quantitative estimate of drug-likeness (QED) is 0.173. The van der Waals surface area contributed by atoms with E-state index in [1.54, 1.807) is 4.90 Å². The van der Waals surface area contributed by atoms with E-state index in [-0.39, 0.29) is 54.2 Å². The molecular weight excluding hydrogens is 728 g/mol. The van der Waals surface area contributed by atoms with Crippen molar-refractivity contribution in [1.82, 2.24) is 14.9 Å². The highest BCUT2D eigenvalue weighted by atomic mass is 19.1. The number of ether oxygens (including phenoxy) is 3. The summed E-state index contributed by atoms with van der Waals surface area (Å²) in [6, 6.07) is 15.9. The smallest absolute Gasteiger partial charge is 0.410 e. The second-order valence-electron chi connectivity index (χ2n) is 18.4. The maximum Gasteiger partial charge on any atom is 0.410 e. The number of alkyl halides is 1. The van der Waals surface area contributed by atoms with Crippen LogP contribution in [-0.2, 0) is 31.1 Å². The van der Waals surface area contributed by atoms with Crippen LogP contribution in [0.2, 0.25) is 0 Å². The van der Waals surface area contributed by atoms with E-state index in [2.05, 4.69) is 35.0 Å². The molecule has 1 saturated carbocycles. The molecule has 7 rings (SSSR count). The summed E-state index contributed by atoms with van der Waals surface area (Å²) in [7, 11) is 0. The van der Waals surface area contributed by atoms with Crippen LogP contribution in [0.1, 0.15) is 110 Å². The zero-order valence-electron chi connectivity index (χ0n) is 34.5. The molecule has 1 saturated heterocycles. The van der Waals surface area contributed by atoms with Crippen molar-refractivity contribution < 1.29 is 37.7 Å². The highest BCUT2D eigenvalue weighted by molar-refractivity contribution is 6.03. The first-order chi connectivity index (χ1) is 26.9. The van der Waals surface area contributed by atoms with Gasteiger partial charge in [0, 0.05) is 42.5 Å². The third-order valence-electron chi connectivity index (χ3n) is 11.1. The van der Waals surface area contributed by atoms with Gasteiger partial charge >= 0.3 is 12.1 Å². The van der Waals surface area contributed by atoms with Gasteiger partial charge in [0.05, 0.1) is 12.3 Å². The van der Waals surface area contributed by atoms with Crippen molar-refractivity contribution in [3.05, 3.63) is 77.6 Å². The SMILES string of the molecule is C[C@H]1CN(C(=O)OC(C)(C)C)CC[C@@H]1N1C(O[C@@H]2CC(c3nc(C(C)(F)CO)nc4c3oc3ccccc34)C[C@H](CC(=O)OC(C)(C)C)C2)=CCc2ccccc21. The molecule has 57 heavy (non-hydrogen) atoms. The highest BCUT2D eigenvalue weighted by Crippen LogP contribution is 2.45. The number of benzene rings is 2. The third kappa shape index (κ3) is 8.91. The van der Waals surface area contributed by atoms with Gasteiger partial charge in [0.2, 0.25) is 0 Å². The molecule has 2 aromatic heterocycles. The van der Waals surface area contributed by atoms with E-state index in [0.29, 0.717) is 67.6 Å². The number of halogens is 1. The number of piperidine rings is 1. The average molecular weight is 785 g/mol. The molecule has 0 radical (unpaired) electrons. The summed E-state index contributed by atoms with van der Waals surface area (Å²) in [6.07, 6.45) is 4.75. The number of nitrogens with zero attached hydrogens (tertiary/aromatic N) is 4. The van der Waals surface area contributed by atoms with Crippen LogP contribution in [0.25, 0.3) is 22.1 Å². The number of hydrogen-bond acceptors (Lipinski definition) is 10. The van der Waals surface area contributed by atoms with Crippen molar-refractivity contribution in [2.45, 2.75) is 129 Å². The monoisotopic (exact) mass is 784 g/mol. The largest absolute Gasteiger partial charge is 0.476 e. The summed E-state index contributed by atoms with van der Waals surface area (Å²) >= 11 is 0. The highest BCUT2D eigenvalue weighted by Gasteiger charge is 2.42. The molecule has 0 bridgehead atoms. The molecule has 11 nitrogen and oxygen atoms in total. The molecule has 1 N–H and O–H groups in total. The van der Waals surface area contributed by atoms with Crippen molar-refractivity contribution in [1.29, 1.82) is 0 Å². The molecule has 2 unspecified atom stereocenters. The molecule has 4 heterocycles. The van der Waals surface area contributed by atoms with E-state index in [4.69, 9.17) is 23.6 Å². The van der Waals surface area contributed by atoms with Gasteiger partial charge in [-0.15, -0.1) is 0 Å². The number of allylic oxidation sites excluding steroid dienone is 1. The fourth-order valence-corrected chi connectivity index (χ4v) is 8.64. The number of aliphatic hydroxyl groups excluding tert-OH is 1. The fourth-order valence-electron chi connectivity index (χ4n) is 8.64. The van der Waals surface area contributed by atoms with E-state index < -0.39 is 23.5 Å². The van der Waals surface area contributed by atoms with Crippen LogP contribution in [0.4, 0.5) is 14.9 Å². The Labute approximate surface area is 334 Å². The van der Waals surface area contributed by atoms with Gasteiger partial charge in [-0.1, -0.05) is 37.3 Å². The van der Waals surface area contributed by atoms with Gasteiger partial charge in [-0.2, -0.15) is 0 Å². The van der Waals surface area contributed by atoms with Crippen molar-refractivity contribution >= 4 is 39.8 Å². The number of carbonyl (C=O) groups excluding carboxylic acids is 2. The minimum Gasteiger partial charge on any atom is -0.476 e. The van der Waals surface area contributed by atoms with E-state index in [9.17, 15) is 14.7 Å². The number of aromatic nitrogens is 2. The van der Waals surface area contributed by atoms with E-state index >= 15 is 4.39 Å². The molecule has 1 amide bonds. The summed E-state index contributed by atoms with van der Waals surface area (Å²) in [5, 5.41) is 10.8. The number of rotatable bonds is 8. The Kier molecular flexibility index (Phi) is 11.1. The minimum atomic E-state index is -2.20. The lowest BCUT2D eigenvalue weighted by Crippen LogP contribution is -2.53. The van der Waals surface area contributed by atoms with Gasteiger partial charge in [0.15, 0.2) is 23.0 Å². The van der Waals surface area contributed by atoms with Crippen molar-refractivity contribution in [3.63, 3.8) is 0 Å². The molecule has 2 aromatic carbocycles. The van der Waals surface area contributed by atoms with Gasteiger partial charge in [0.25, 0.3) is 0 Å². The Morgan fingerprint density at radius 2 is 1.67 bits per heavy atom. The predicted octanol–water partition coefficient (Wildman–Crippen LogP) is 9.10. The maximum absolute atomic E-state index is 15.9. The number of anilines is 1. The lowest BCUT2D eigenvalue weighted by Gasteiger charge is -2.46. The molecule has 1 aliphatic carbocycles. The summed E-state index contributed by atoms with van der Waals surface area (Å²) in [4.78, 5) is 40.0. The standard InChI is InChI=1S/C45H57FN4O7/c1-27-25-49(42(53)57-44(5,6)7)20-19-33(27)50-34-15-11-9-13-29(34)17-18-36(50)54-31-22-28(23-37(52)56-43(2,3)4)21-30(24-31)38-40-39(32-14-10-12-16-35(32)55-40)48-41(47-38)45(8,46)26-51/h9-16,18,27-28,30-31,33,51H,17,19-26H2,1-8H3/t27-,28-,30?,31-,33-,45?/m0/s1. The molecular formula is C45H57FN4O7. The number of furan rings is 1. The van der Waals surface area contributed by atoms with Crippen molar-refractivity contribution in [3.8, 4) is 0 Å². The molecule has 2 fully saturated rings. The Morgan fingerprint density at radius 3 is 2.39 bits per heavy atom. The van der Waals surface area contributed by atoms with Crippen LogP contribution in [0.5, 0.6) is 0 Å². The second kappa shape index (κ2) is 15.6. The fraction of sp³-hybridized carbons (Fsp3) is 0.556. The predicted molar refractivity (Wildman–Crippen MR) is 216 cm³/mol. The van der Waals surface area contributed by atoms with E-state index in [1.807, 2.05) is 77.9 Å². The number of carbonyl (C=O) groups is 2. The van der Waals surface area contributed by atoms with Crippen LogP contribution in [0.15, 0.2) is 64.9 Å². The topological polar surface area (TPSA) is 127 Å². The van der Waals surface area contributed by atoms with Gasteiger partial charge in [-0.05, 0) is 122 Å². The molecule has 6 atom stereocenters. The normalized spacial score (nSPS) is 24.1. The first kappa shape index (κ1) is 40.5. The van der Waals surface area contributed by atoms with Gasteiger partial charge in [0.1, 0.15) is 28.4 Å². The van der Waals surface area contributed by atoms with Crippen LogP contribution in [0.3, 0.4) is 0 Å². The van der Waals surface area contributed by atoms with Crippen LogP contribution in [-0.4, -0.2) is 75.1 Å². The Hall–Kier alpha value is -4.71. The van der Waals surface area contributed by atoms with Crippen molar-refractivity contribution in [2.75, 3.05) is 24.6 Å². The first-order valence-electron chi connectivity index (χ1n) is 20.3. The molecule has 306 valence electrons. The van der Waals surface area contributed by atoms with Crippen LogP contribution < -0.4 is 4.90 Å². The second-order valence-corrected chi connectivity index (χ2v) is 18.4. The number of likely N-dealkylation sites (tertiary alicyclic amines) is 1. The summed E-state index contributed by atoms with van der Waals surface area (Å²) in [5.74, 6) is -0.0139. The maximum atomic E-state index is 15.9. The lowest BCUT2D eigenvalue weighted by atomic mass is 9.76. The van der Waals surface area contributed by atoms with E-state index in [1.165, 1.54) is 12.5 Å². The number of esters is 1. The Bertz CT molecular complexity index is 2150. The molecule has 4 aromatic rings. The number of hydrogen-bond donors (Lipinski definition) is 1. The molecule has 12 heteroatoms. The Morgan fingerprint density at radius 1 is 0.947 bits per heavy atom. The zero-order chi connectivity index (χ0) is 40.9. The number of fused-ring (bicyclic) bond motifs is 4. The first-order valence-corrected chi connectivity index (χ1v) is 20.3. The van der Waals surface area contributed by atoms with E-state index in [0.717, 1.165) is 17.0 Å². The van der Waals surface area contributed by atoms with Crippen LogP contribution >= 0.6 is 0 Å². The summed E-state index contributed by atoms with van der Waals surface area (Å²) in [5.41, 5.74) is 0.933. The number of amides is 1. The van der Waals surface area contributed by atoms with Crippen molar-refractivity contribution in [2.24, 2.45) is 11.8 Å². The third-order valence-corrected chi connectivity index (χ3v) is 11.1. The Balaban J connectivity index is 1.23. The minimum absolute atomic E-state index is 0.0358. The average Bonchev–Trinajstić information content (AvgIpc) is 3.52. The van der Waals surface area contributed by atoms with Gasteiger partial charge in [-0.3, -0.25) is 4.79 Å². The molecule has 0 spiro atoms. The molecule has 2 aliphatic heterocycles. The molecule has 3 aliphatic rings. The van der Waals surface area contributed by atoms with Crippen LogP contribution in [0, 0.1) is 11.8 Å². The summed E-state index contributed by atoms with van der Waals surface area (Å²) in [6.45, 7) is 15.0. The number of para-hydroxylation sites is 2. The lowest BCUT2D eigenvalue weighted by molar-refractivity contribution is -0.156. The van der Waals surface area contributed by atoms with Gasteiger partial charge < -0.3 is 33.5 Å². The van der Waals surface area contributed by atoms with Gasteiger partial charge in [-0.25, -0.2) is 19.2 Å².